The van der Waals surface area contributed by atoms with Crippen molar-refractivity contribution in [3.8, 4) is 0 Å². The molecule has 0 amide bonds. The number of hydrogen-bond acceptors (Lipinski definition) is 3. The van der Waals surface area contributed by atoms with E-state index >= 15 is 0 Å². The van der Waals surface area contributed by atoms with Crippen LogP contribution < -0.4 is 4.57 Å². The van der Waals surface area contributed by atoms with Crippen molar-refractivity contribution in [3.63, 3.8) is 0 Å². The van der Waals surface area contributed by atoms with Crippen LogP contribution in [0.5, 0.6) is 0 Å². The molecule has 0 aliphatic carbocycles. The fourth-order valence-corrected chi connectivity index (χ4v) is 1.13. The van der Waals surface area contributed by atoms with Gasteiger partial charge in [0.2, 0.25) is 0 Å². The number of aryl methyl sites for hydroxylation is 2. The lowest BCUT2D eigenvalue weighted by molar-refractivity contribution is -0.697. The summed E-state index contributed by atoms with van der Waals surface area (Å²) in [6.45, 7) is 5.50. The molecule has 0 aliphatic heterocycles. The molecule has 0 saturated carbocycles. The second kappa shape index (κ2) is 7.44. The predicted molar refractivity (Wildman–Crippen MR) is 62.0 cm³/mol. The van der Waals surface area contributed by atoms with Gasteiger partial charge in [-0.05, 0) is 13.0 Å². The Hall–Kier alpha value is -1.15. The monoisotopic (exact) mass is 299 g/mol. The van der Waals surface area contributed by atoms with Gasteiger partial charge in [-0.2, -0.15) is 13.2 Å². The van der Waals surface area contributed by atoms with Crippen molar-refractivity contribution in [2.24, 2.45) is 0 Å². The lowest BCUT2D eigenvalue weighted by Gasteiger charge is -2.08. The minimum atomic E-state index is -6.09. The number of unbranched alkanes of at least 4 members (excludes halogenated alkanes) is 1. The second-order valence-electron chi connectivity index (χ2n) is 3.87. The smallest absolute Gasteiger partial charge is 0.485 e. The summed E-state index contributed by atoms with van der Waals surface area (Å²) in [5.74, 6) is 0. The topological polar surface area (TPSA) is 61.1 Å². The third kappa shape index (κ3) is 7.78. The molecule has 0 radical (unpaired) electrons. The number of aromatic nitrogens is 1. The van der Waals surface area contributed by atoms with Gasteiger partial charge in [0, 0.05) is 18.1 Å². The van der Waals surface area contributed by atoms with Crippen LogP contribution in [0.15, 0.2) is 24.5 Å². The number of pyridine rings is 1. The van der Waals surface area contributed by atoms with Crippen molar-refractivity contribution >= 4 is 10.1 Å². The van der Waals surface area contributed by atoms with Crippen LogP contribution in [0.3, 0.4) is 0 Å². The zero-order valence-electron chi connectivity index (χ0n) is 10.6. The van der Waals surface area contributed by atoms with Crippen molar-refractivity contribution in [1.29, 1.82) is 0 Å². The maximum absolute atomic E-state index is 10.7. The van der Waals surface area contributed by atoms with Gasteiger partial charge in [0.1, 0.15) is 6.54 Å². The minimum absolute atomic E-state index is 1.15. The Kier molecular flexibility index (Phi) is 6.99. The Morgan fingerprint density at radius 1 is 1.37 bits per heavy atom. The summed E-state index contributed by atoms with van der Waals surface area (Å²) in [4.78, 5) is 0. The normalized spacial score (nSPS) is 11.7. The molecule has 1 heterocycles. The Balaban J connectivity index is 0.000000362. The van der Waals surface area contributed by atoms with Gasteiger partial charge < -0.3 is 4.55 Å². The first-order chi connectivity index (χ1) is 8.58. The van der Waals surface area contributed by atoms with Crippen molar-refractivity contribution in [1.82, 2.24) is 0 Å². The van der Waals surface area contributed by atoms with E-state index in [9.17, 15) is 13.2 Å². The standard InChI is InChI=1S/C10H16N.CHF3O3S/c1-3-4-7-11-8-5-6-10(2)9-11;2-1(3,4)8(5,6)7/h5-6,8-9H,3-4,7H2,1-2H3;(H,5,6,7)/q+1;/p-1. The lowest BCUT2D eigenvalue weighted by atomic mass is 10.3. The summed E-state index contributed by atoms with van der Waals surface area (Å²) < 4.78 is 61.2. The van der Waals surface area contributed by atoms with Gasteiger partial charge in [-0.15, -0.1) is 0 Å². The van der Waals surface area contributed by atoms with Crippen molar-refractivity contribution in [2.45, 2.75) is 38.7 Å². The molecule has 0 spiro atoms. The van der Waals surface area contributed by atoms with E-state index in [4.69, 9.17) is 13.0 Å². The van der Waals surface area contributed by atoms with Crippen LogP contribution in [0.1, 0.15) is 25.3 Å². The summed E-state index contributed by atoms with van der Waals surface area (Å²) in [6.07, 6.45) is 6.85. The highest BCUT2D eigenvalue weighted by atomic mass is 32.2. The Bertz CT molecular complexity index is 486. The highest BCUT2D eigenvalue weighted by Crippen LogP contribution is 2.20. The molecule has 1 aromatic rings. The van der Waals surface area contributed by atoms with Gasteiger partial charge in [-0.3, -0.25) is 0 Å². The van der Waals surface area contributed by atoms with Crippen molar-refractivity contribution in [3.05, 3.63) is 30.1 Å². The average molecular weight is 299 g/mol. The molecule has 0 fully saturated rings. The molecule has 1 rings (SSSR count). The van der Waals surface area contributed by atoms with Crippen molar-refractivity contribution < 1.29 is 30.7 Å². The second-order valence-corrected chi connectivity index (χ2v) is 5.24. The predicted octanol–water partition coefficient (Wildman–Crippen LogP) is 2.13. The molecule has 0 atom stereocenters. The molecule has 8 heteroatoms. The molecule has 110 valence electrons. The van der Waals surface area contributed by atoms with E-state index < -0.39 is 15.6 Å². The molecule has 1 aromatic heterocycles. The summed E-state index contributed by atoms with van der Waals surface area (Å²) >= 11 is 0. The minimum Gasteiger partial charge on any atom is -0.741 e. The average Bonchev–Trinajstić information content (AvgIpc) is 2.24. The zero-order chi connectivity index (χ0) is 15.1. The van der Waals surface area contributed by atoms with Crippen LogP contribution in [-0.4, -0.2) is 18.5 Å². The lowest BCUT2D eigenvalue weighted by Crippen LogP contribution is -2.32. The molecule has 0 aliphatic rings. The van der Waals surface area contributed by atoms with Crippen molar-refractivity contribution in [2.75, 3.05) is 0 Å². The molecule has 0 unspecified atom stereocenters. The van der Waals surface area contributed by atoms with E-state index in [1.54, 1.807) is 0 Å². The van der Waals surface area contributed by atoms with Crippen LogP contribution >= 0.6 is 0 Å². The van der Waals surface area contributed by atoms with E-state index in [-0.39, 0.29) is 0 Å². The summed E-state index contributed by atoms with van der Waals surface area (Å²) in [7, 11) is -6.09. The number of alkyl halides is 3. The molecule has 0 aromatic carbocycles. The highest BCUT2D eigenvalue weighted by Gasteiger charge is 2.36. The van der Waals surface area contributed by atoms with Gasteiger partial charge in [-0.1, -0.05) is 13.3 Å². The SMILES string of the molecule is CCCC[n+]1cccc(C)c1.O=S(=O)([O-])C(F)(F)F. The maximum atomic E-state index is 10.7. The molecule has 0 saturated heterocycles. The van der Waals surface area contributed by atoms with Crippen LogP contribution in [0.25, 0.3) is 0 Å². The van der Waals surface area contributed by atoms with E-state index in [2.05, 4.69) is 42.9 Å². The third-order valence-corrected chi connectivity index (χ3v) is 2.63. The molecular weight excluding hydrogens is 283 g/mol. The molecule has 4 nitrogen and oxygen atoms in total. The first-order valence-corrected chi connectivity index (χ1v) is 6.96. The molecule has 0 N–H and O–H groups in total. The first kappa shape index (κ1) is 17.8. The largest absolute Gasteiger partial charge is 0.741 e. The summed E-state index contributed by atoms with van der Waals surface area (Å²) in [5.41, 5.74) is -4.31. The van der Waals surface area contributed by atoms with Crippen LogP contribution in [-0.2, 0) is 16.7 Å². The van der Waals surface area contributed by atoms with Gasteiger partial charge in [0.15, 0.2) is 22.5 Å². The van der Waals surface area contributed by atoms with Crippen LogP contribution in [0.2, 0.25) is 0 Å². The van der Waals surface area contributed by atoms with E-state index in [0.29, 0.717) is 0 Å². The number of rotatable bonds is 3. The number of hydrogen-bond donors (Lipinski definition) is 0. The Labute approximate surface area is 110 Å². The van der Waals surface area contributed by atoms with Gasteiger partial charge in [0.25, 0.3) is 0 Å². The molecule has 19 heavy (non-hydrogen) atoms. The fourth-order valence-electron chi connectivity index (χ4n) is 1.13. The van der Waals surface area contributed by atoms with E-state index in [0.717, 1.165) is 6.54 Å². The highest BCUT2D eigenvalue weighted by molar-refractivity contribution is 7.86. The fraction of sp³-hybridized carbons (Fsp3) is 0.545. The Morgan fingerprint density at radius 2 is 1.89 bits per heavy atom. The summed E-state index contributed by atoms with van der Waals surface area (Å²) in [6, 6.07) is 4.23. The summed E-state index contributed by atoms with van der Waals surface area (Å²) in [5, 5.41) is 0. The van der Waals surface area contributed by atoms with E-state index in [1.807, 2.05) is 0 Å². The third-order valence-electron chi connectivity index (χ3n) is 2.06. The number of nitrogens with zero attached hydrogens (tertiary/aromatic N) is 1. The zero-order valence-corrected chi connectivity index (χ0v) is 11.5. The van der Waals surface area contributed by atoms with Gasteiger partial charge in [0.05, 0.1) is 0 Å². The molecule has 0 bridgehead atoms. The molecular formula is C11H16F3NO3S. The van der Waals surface area contributed by atoms with Gasteiger partial charge in [-0.25, -0.2) is 13.0 Å². The van der Waals surface area contributed by atoms with Crippen LogP contribution in [0, 0.1) is 6.92 Å². The Morgan fingerprint density at radius 3 is 2.26 bits per heavy atom. The number of halogens is 3. The van der Waals surface area contributed by atoms with E-state index in [1.165, 1.54) is 18.4 Å². The van der Waals surface area contributed by atoms with Crippen LogP contribution in [0.4, 0.5) is 13.2 Å². The first-order valence-electron chi connectivity index (χ1n) is 5.55. The maximum Gasteiger partial charge on any atom is 0.485 e. The quantitative estimate of drug-likeness (QED) is 0.488. The van der Waals surface area contributed by atoms with Gasteiger partial charge >= 0.3 is 5.51 Å².